The Hall–Kier alpha value is -3.38. The van der Waals surface area contributed by atoms with E-state index in [0.29, 0.717) is 0 Å². The van der Waals surface area contributed by atoms with Gasteiger partial charge in [-0.3, -0.25) is 0 Å². The van der Waals surface area contributed by atoms with Crippen LogP contribution in [0.2, 0.25) is 0 Å². The molecule has 1 aliphatic rings. The lowest BCUT2D eigenvalue weighted by molar-refractivity contribution is 0.537. The fourth-order valence-corrected chi connectivity index (χ4v) is 5.16. The number of hydrogen-bond donors (Lipinski definition) is 0. The highest BCUT2D eigenvalue weighted by Crippen LogP contribution is 2.55. The zero-order chi connectivity index (χ0) is 19.7. The maximum atomic E-state index is 2.36. The van der Waals surface area contributed by atoms with E-state index in [1.165, 1.54) is 33.4 Å². The lowest BCUT2D eigenvalue weighted by Crippen LogP contribution is -2.36. The molecule has 0 heteroatoms. The van der Waals surface area contributed by atoms with Crippen molar-refractivity contribution in [2.75, 3.05) is 0 Å². The van der Waals surface area contributed by atoms with Gasteiger partial charge in [-0.1, -0.05) is 127 Å². The quantitative estimate of drug-likeness (QED) is 0.332. The van der Waals surface area contributed by atoms with Crippen molar-refractivity contribution < 1.29 is 0 Å². The number of rotatable bonds is 4. The summed E-state index contributed by atoms with van der Waals surface area (Å²) in [6, 6.07) is 41.9. The molecule has 0 aromatic heterocycles. The summed E-state index contributed by atoms with van der Waals surface area (Å²) in [4.78, 5) is 0. The third-order valence-electron chi connectivity index (χ3n) is 6.27. The third-order valence-corrected chi connectivity index (χ3v) is 6.27. The summed E-state index contributed by atoms with van der Waals surface area (Å²) in [6.07, 6.45) is 2.36. The smallest absolute Gasteiger partial charge is 0.0557 e. The molecular formula is C29H24. The van der Waals surface area contributed by atoms with Crippen LogP contribution in [-0.4, -0.2) is 0 Å². The second-order valence-electron chi connectivity index (χ2n) is 7.86. The van der Waals surface area contributed by atoms with Gasteiger partial charge in [0, 0.05) is 5.92 Å². The van der Waals surface area contributed by atoms with Gasteiger partial charge in [-0.15, -0.1) is 0 Å². The van der Waals surface area contributed by atoms with Crippen LogP contribution in [0.1, 0.15) is 40.7 Å². The molecule has 0 N–H and O–H groups in total. The summed E-state index contributed by atoms with van der Waals surface area (Å²) in [7, 11) is 0. The average Bonchev–Trinajstić information content (AvgIpc) is 3.13. The Morgan fingerprint density at radius 2 is 0.931 bits per heavy atom. The van der Waals surface area contributed by atoms with E-state index in [9.17, 15) is 0 Å². The molecule has 0 bridgehead atoms. The van der Waals surface area contributed by atoms with E-state index in [4.69, 9.17) is 0 Å². The van der Waals surface area contributed by atoms with Crippen molar-refractivity contribution in [1.29, 1.82) is 0 Å². The van der Waals surface area contributed by atoms with E-state index in [1.807, 2.05) is 0 Å². The summed E-state index contributed by atoms with van der Waals surface area (Å²) >= 11 is 0. The maximum absolute atomic E-state index is 2.36. The van der Waals surface area contributed by atoms with Gasteiger partial charge in [0.2, 0.25) is 0 Å². The summed E-state index contributed by atoms with van der Waals surface area (Å²) in [5.41, 5.74) is 7.83. The molecule has 4 aromatic rings. The monoisotopic (exact) mass is 372 g/mol. The maximum Gasteiger partial charge on any atom is 0.0557 e. The predicted octanol–water partition coefficient (Wildman–Crippen LogP) is 7.22. The lowest BCUT2D eigenvalue weighted by atomic mass is 9.59. The van der Waals surface area contributed by atoms with E-state index in [2.05, 4.69) is 128 Å². The summed E-state index contributed by atoms with van der Waals surface area (Å²) < 4.78 is 0. The van der Waals surface area contributed by atoms with Gasteiger partial charge in [-0.25, -0.2) is 0 Å². The number of allylic oxidation sites excluding steroid dienone is 1. The second kappa shape index (κ2) is 7.22. The lowest BCUT2D eigenvalue weighted by Gasteiger charge is -2.42. The molecule has 1 aliphatic carbocycles. The molecule has 0 amide bonds. The van der Waals surface area contributed by atoms with Crippen molar-refractivity contribution in [2.45, 2.75) is 18.3 Å². The third kappa shape index (κ3) is 2.76. The van der Waals surface area contributed by atoms with Crippen LogP contribution in [0.4, 0.5) is 0 Å². The Morgan fingerprint density at radius 1 is 0.517 bits per heavy atom. The van der Waals surface area contributed by atoms with Crippen LogP contribution >= 0.6 is 0 Å². The zero-order valence-corrected chi connectivity index (χ0v) is 16.6. The molecule has 0 fully saturated rings. The molecule has 5 rings (SSSR count). The first-order valence-electron chi connectivity index (χ1n) is 10.3. The number of fused-ring (bicyclic) bond motifs is 1. The van der Waals surface area contributed by atoms with Gasteiger partial charge in [0.25, 0.3) is 0 Å². The second-order valence-corrected chi connectivity index (χ2v) is 7.86. The van der Waals surface area contributed by atoms with Gasteiger partial charge in [0.1, 0.15) is 0 Å². The molecule has 0 spiro atoms. The fourth-order valence-electron chi connectivity index (χ4n) is 5.16. The van der Waals surface area contributed by atoms with Gasteiger partial charge in [0.15, 0.2) is 0 Å². The Bertz CT molecular complexity index is 1040. The highest BCUT2D eigenvalue weighted by molar-refractivity contribution is 5.71. The highest BCUT2D eigenvalue weighted by Gasteiger charge is 2.47. The topological polar surface area (TPSA) is 0 Å². The van der Waals surface area contributed by atoms with Crippen LogP contribution in [0.3, 0.4) is 0 Å². The van der Waals surface area contributed by atoms with E-state index >= 15 is 0 Å². The Balaban J connectivity index is 1.91. The zero-order valence-electron chi connectivity index (χ0n) is 16.6. The van der Waals surface area contributed by atoms with Crippen LogP contribution in [0, 0.1) is 0 Å². The van der Waals surface area contributed by atoms with Crippen LogP contribution < -0.4 is 0 Å². The Labute approximate surface area is 173 Å². The van der Waals surface area contributed by atoms with Crippen molar-refractivity contribution in [3.8, 4) is 0 Å². The van der Waals surface area contributed by atoms with Crippen LogP contribution in [0.15, 0.2) is 121 Å². The molecular weight excluding hydrogens is 348 g/mol. The molecule has 4 aromatic carbocycles. The fraction of sp³-hybridized carbons (Fsp3) is 0.103. The first-order valence-corrected chi connectivity index (χ1v) is 10.3. The average molecular weight is 373 g/mol. The molecule has 29 heavy (non-hydrogen) atoms. The molecule has 0 aliphatic heterocycles. The molecule has 1 atom stereocenters. The standard InChI is InChI=1S/C29H24/c1-22-21-23-13-11-12-20-27(23)28(22)29(24-14-5-2-6-15-24,25-16-7-3-8-17-25)26-18-9-4-10-19-26/h2-21,28H,1H3. The Morgan fingerprint density at radius 3 is 1.41 bits per heavy atom. The van der Waals surface area contributed by atoms with Gasteiger partial charge >= 0.3 is 0 Å². The van der Waals surface area contributed by atoms with Crippen molar-refractivity contribution in [3.63, 3.8) is 0 Å². The van der Waals surface area contributed by atoms with E-state index < -0.39 is 0 Å². The van der Waals surface area contributed by atoms with Crippen molar-refractivity contribution in [3.05, 3.63) is 149 Å². The van der Waals surface area contributed by atoms with E-state index in [1.54, 1.807) is 0 Å². The number of benzene rings is 4. The SMILES string of the molecule is CC1=Cc2ccccc2C1C(c1ccccc1)(c1ccccc1)c1ccccc1. The molecule has 0 saturated heterocycles. The minimum atomic E-state index is -0.295. The summed E-state index contributed by atoms with van der Waals surface area (Å²) in [5.74, 6) is 0.242. The minimum absolute atomic E-state index is 0.242. The first kappa shape index (κ1) is 17.7. The molecule has 0 heterocycles. The van der Waals surface area contributed by atoms with E-state index in [0.717, 1.165) is 0 Å². The van der Waals surface area contributed by atoms with Crippen LogP contribution in [0.25, 0.3) is 6.08 Å². The summed E-state index contributed by atoms with van der Waals surface area (Å²) in [6.45, 7) is 2.29. The highest BCUT2D eigenvalue weighted by atomic mass is 14.5. The van der Waals surface area contributed by atoms with Crippen molar-refractivity contribution in [2.24, 2.45) is 0 Å². The van der Waals surface area contributed by atoms with Crippen LogP contribution in [0.5, 0.6) is 0 Å². The molecule has 140 valence electrons. The molecule has 1 unspecified atom stereocenters. The van der Waals surface area contributed by atoms with Crippen molar-refractivity contribution in [1.82, 2.24) is 0 Å². The molecule has 0 saturated carbocycles. The normalized spacial score (nSPS) is 15.6. The van der Waals surface area contributed by atoms with Gasteiger partial charge < -0.3 is 0 Å². The predicted molar refractivity (Wildman–Crippen MR) is 122 cm³/mol. The Kier molecular flexibility index (Phi) is 4.41. The van der Waals surface area contributed by atoms with Gasteiger partial charge in [-0.2, -0.15) is 0 Å². The molecule has 0 nitrogen and oxygen atoms in total. The molecule has 0 radical (unpaired) electrons. The van der Waals surface area contributed by atoms with Gasteiger partial charge in [0.05, 0.1) is 5.41 Å². The summed E-state index contributed by atoms with van der Waals surface area (Å²) in [5, 5.41) is 0. The minimum Gasteiger partial charge on any atom is -0.0636 e. The van der Waals surface area contributed by atoms with Crippen LogP contribution in [-0.2, 0) is 5.41 Å². The number of hydrogen-bond acceptors (Lipinski definition) is 0. The van der Waals surface area contributed by atoms with E-state index in [-0.39, 0.29) is 11.3 Å². The first-order chi connectivity index (χ1) is 14.3. The largest absolute Gasteiger partial charge is 0.0636 e. The van der Waals surface area contributed by atoms with Gasteiger partial charge in [-0.05, 0) is 34.7 Å². The van der Waals surface area contributed by atoms with Crippen molar-refractivity contribution >= 4 is 6.08 Å².